The summed E-state index contributed by atoms with van der Waals surface area (Å²) in [5.41, 5.74) is 0.846. The maximum Gasteiger partial charge on any atom is 0.335 e. The maximum atomic E-state index is 10.9. The number of carboxylic acids is 1. The fraction of sp³-hybridized carbons (Fsp3) is 0.533. The lowest BCUT2D eigenvalue weighted by Gasteiger charge is -2.16. The minimum atomic E-state index is -0.973. The third-order valence-electron chi connectivity index (χ3n) is 2.85. The number of methoxy groups -OCH3 is 1. The molecule has 0 spiro atoms. The zero-order valence-corrected chi connectivity index (χ0v) is 12.5. The van der Waals surface area contributed by atoms with E-state index in [0.29, 0.717) is 17.9 Å². The highest BCUT2D eigenvalue weighted by Crippen LogP contribution is 2.17. The summed E-state index contributed by atoms with van der Waals surface area (Å²) < 4.78 is 15.7. The van der Waals surface area contributed by atoms with Gasteiger partial charge >= 0.3 is 5.97 Å². The Hall–Kier alpha value is -1.63. The molecule has 0 aliphatic carbocycles. The van der Waals surface area contributed by atoms with E-state index in [1.54, 1.807) is 26.2 Å². The van der Waals surface area contributed by atoms with Crippen molar-refractivity contribution in [3.63, 3.8) is 0 Å². The standard InChI is InChI=1S/C15H22O6/c1-10-6-13(4-5-14(10)15(17)18)21-9-12(16)8-20-11(2)7-19-3/h4-6,11-12,16H,7-9H2,1-3H3,(H,17,18). The molecular weight excluding hydrogens is 276 g/mol. The molecule has 0 heterocycles. The molecule has 0 aliphatic rings. The topological polar surface area (TPSA) is 85.2 Å². The molecule has 0 radical (unpaired) electrons. The van der Waals surface area contributed by atoms with Crippen LogP contribution in [0.5, 0.6) is 5.75 Å². The molecule has 1 rings (SSSR count). The first-order chi connectivity index (χ1) is 9.93. The molecule has 21 heavy (non-hydrogen) atoms. The second kappa shape index (κ2) is 8.61. The van der Waals surface area contributed by atoms with Crippen molar-refractivity contribution in [2.45, 2.75) is 26.1 Å². The lowest BCUT2D eigenvalue weighted by atomic mass is 10.1. The zero-order valence-electron chi connectivity index (χ0n) is 12.5. The number of ether oxygens (including phenoxy) is 3. The Morgan fingerprint density at radius 3 is 2.57 bits per heavy atom. The number of aryl methyl sites for hydroxylation is 1. The molecule has 6 heteroatoms. The van der Waals surface area contributed by atoms with Gasteiger partial charge in [0.15, 0.2) is 0 Å². The highest BCUT2D eigenvalue weighted by molar-refractivity contribution is 5.89. The minimum Gasteiger partial charge on any atom is -0.491 e. The first-order valence-corrected chi connectivity index (χ1v) is 6.69. The molecule has 6 nitrogen and oxygen atoms in total. The summed E-state index contributed by atoms with van der Waals surface area (Å²) in [6.07, 6.45) is -0.856. The molecule has 2 unspecified atom stereocenters. The first-order valence-electron chi connectivity index (χ1n) is 6.69. The summed E-state index contributed by atoms with van der Waals surface area (Å²) in [4.78, 5) is 10.9. The van der Waals surface area contributed by atoms with E-state index < -0.39 is 12.1 Å². The van der Waals surface area contributed by atoms with Gasteiger partial charge in [-0.3, -0.25) is 0 Å². The van der Waals surface area contributed by atoms with Gasteiger partial charge in [0.1, 0.15) is 18.5 Å². The molecule has 0 aromatic heterocycles. The van der Waals surface area contributed by atoms with E-state index in [4.69, 9.17) is 19.3 Å². The average Bonchev–Trinajstić information content (AvgIpc) is 2.43. The van der Waals surface area contributed by atoms with Crippen molar-refractivity contribution in [3.8, 4) is 5.75 Å². The van der Waals surface area contributed by atoms with Crippen LogP contribution >= 0.6 is 0 Å². The quantitative estimate of drug-likeness (QED) is 0.718. The third kappa shape index (κ3) is 6.12. The van der Waals surface area contributed by atoms with Crippen LogP contribution in [0.25, 0.3) is 0 Å². The Morgan fingerprint density at radius 2 is 2.00 bits per heavy atom. The normalized spacial score (nSPS) is 13.7. The molecule has 1 aromatic rings. The van der Waals surface area contributed by atoms with Crippen molar-refractivity contribution in [3.05, 3.63) is 29.3 Å². The highest BCUT2D eigenvalue weighted by Gasteiger charge is 2.11. The van der Waals surface area contributed by atoms with Crippen LogP contribution in [0, 0.1) is 6.92 Å². The lowest BCUT2D eigenvalue weighted by molar-refractivity contribution is -0.0423. The van der Waals surface area contributed by atoms with Gasteiger partial charge in [-0.05, 0) is 37.6 Å². The number of aliphatic hydroxyl groups is 1. The summed E-state index contributed by atoms with van der Waals surface area (Å²) in [5, 5.41) is 18.7. The molecule has 2 N–H and O–H groups in total. The number of hydrogen-bond donors (Lipinski definition) is 2. The summed E-state index contributed by atoms with van der Waals surface area (Å²) >= 11 is 0. The fourth-order valence-electron chi connectivity index (χ4n) is 1.76. The second-order valence-electron chi connectivity index (χ2n) is 4.85. The Balaban J connectivity index is 2.41. The average molecular weight is 298 g/mol. The van der Waals surface area contributed by atoms with Gasteiger partial charge in [-0.25, -0.2) is 4.79 Å². The summed E-state index contributed by atoms with van der Waals surface area (Å²) in [7, 11) is 1.59. The number of rotatable bonds is 9. The Morgan fingerprint density at radius 1 is 1.29 bits per heavy atom. The van der Waals surface area contributed by atoms with E-state index >= 15 is 0 Å². The van der Waals surface area contributed by atoms with E-state index in [1.807, 2.05) is 6.92 Å². The molecule has 0 amide bonds. The van der Waals surface area contributed by atoms with Crippen molar-refractivity contribution in [2.24, 2.45) is 0 Å². The van der Waals surface area contributed by atoms with E-state index in [2.05, 4.69) is 0 Å². The van der Waals surface area contributed by atoms with E-state index in [1.165, 1.54) is 6.07 Å². The predicted octanol–water partition coefficient (Wildman–Crippen LogP) is 1.48. The number of aliphatic hydroxyl groups excluding tert-OH is 1. The number of aromatic carboxylic acids is 1. The van der Waals surface area contributed by atoms with Crippen molar-refractivity contribution in [2.75, 3.05) is 26.9 Å². The summed E-state index contributed by atoms with van der Waals surface area (Å²) in [5.74, 6) is -0.457. The highest BCUT2D eigenvalue weighted by atomic mass is 16.5. The van der Waals surface area contributed by atoms with Crippen LogP contribution in [0.4, 0.5) is 0 Å². The van der Waals surface area contributed by atoms with Gasteiger partial charge in [0, 0.05) is 7.11 Å². The van der Waals surface area contributed by atoms with Gasteiger partial charge in [-0.1, -0.05) is 0 Å². The van der Waals surface area contributed by atoms with Crippen LogP contribution in [-0.4, -0.2) is 55.3 Å². The van der Waals surface area contributed by atoms with E-state index in [0.717, 1.165) is 0 Å². The molecular formula is C15H22O6. The molecule has 0 bridgehead atoms. The molecule has 0 fully saturated rings. The van der Waals surface area contributed by atoms with Gasteiger partial charge < -0.3 is 24.4 Å². The van der Waals surface area contributed by atoms with Crippen LogP contribution < -0.4 is 4.74 Å². The van der Waals surface area contributed by atoms with Crippen molar-refractivity contribution < 1.29 is 29.2 Å². The molecule has 0 aliphatic heterocycles. The molecule has 118 valence electrons. The summed E-state index contributed by atoms with van der Waals surface area (Å²) in [6, 6.07) is 4.68. The van der Waals surface area contributed by atoms with Gasteiger partial charge in [-0.2, -0.15) is 0 Å². The molecule has 2 atom stereocenters. The minimum absolute atomic E-state index is 0.0750. The number of hydrogen-bond acceptors (Lipinski definition) is 5. The van der Waals surface area contributed by atoms with Crippen LogP contribution in [0.2, 0.25) is 0 Å². The second-order valence-corrected chi connectivity index (χ2v) is 4.85. The van der Waals surface area contributed by atoms with Crippen LogP contribution in [-0.2, 0) is 9.47 Å². The zero-order chi connectivity index (χ0) is 15.8. The molecule has 0 saturated heterocycles. The largest absolute Gasteiger partial charge is 0.491 e. The Kier molecular flexibility index (Phi) is 7.14. The number of benzene rings is 1. The van der Waals surface area contributed by atoms with Crippen molar-refractivity contribution in [1.29, 1.82) is 0 Å². The van der Waals surface area contributed by atoms with E-state index in [9.17, 15) is 9.90 Å². The predicted molar refractivity (Wildman–Crippen MR) is 76.9 cm³/mol. The fourth-order valence-corrected chi connectivity index (χ4v) is 1.76. The van der Waals surface area contributed by atoms with Gasteiger partial charge in [0.25, 0.3) is 0 Å². The van der Waals surface area contributed by atoms with Crippen LogP contribution in [0.3, 0.4) is 0 Å². The van der Waals surface area contributed by atoms with Gasteiger partial charge in [-0.15, -0.1) is 0 Å². The van der Waals surface area contributed by atoms with E-state index in [-0.39, 0.29) is 24.9 Å². The van der Waals surface area contributed by atoms with Crippen molar-refractivity contribution in [1.82, 2.24) is 0 Å². The number of carboxylic acid groups (broad SMARTS) is 1. The number of carbonyl (C=O) groups is 1. The smallest absolute Gasteiger partial charge is 0.335 e. The van der Waals surface area contributed by atoms with Gasteiger partial charge in [0.2, 0.25) is 0 Å². The maximum absolute atomic E-state index is 10.9. The van der Waals surface area contributed by atoms with Crippen molar-refractivity contribution >= 4 is 5.97 Å². The van der Waals surface area contributed by atoms with Crippen LogP contribution in [0.1, 0.15) is 22.8 Å². The monoisotopic (exact) mass is 298 g/mol. The lowest BCUT2D eigenvalue weighted by Crippen LogP contribution is -2.27. The SMILES string of the molecule is COCC(C)OCC(O)COc1ccc(C(=O)O)c(C)c1. The molecule has 0 saturated carbocycles. The Labute approximate surface area is 124 Å². The first kappa shape index (κ1) is 17.4. The van der Waals surface area contributed by atoms with Gasteiger partial charge in [0.05, 0.1) is 24.9 Å². The van der Waals surface area contributed by atoms with Crippen LogP contribution in [0.15, 0.2) is 18.2 Å². The third-order valence-corrected chi connectivity index (χ3v) is 2.85. The Bertz CT molecular complexity index is 459. The molecule has 1 aromatic carbocycles. The summed E-state index contributed by atoms with van der Waals surface area (Å²) in [6.45, 7) is 4.24.